The van der Waals surface area contributed by atoms with Crippen molar-refractivity contribution in [2.75, 3.05) is 6.26 Å². The molecule has 4 nitrogen and oxygen atoms in total. The first-order valence-electron chi connectivity index (χ1n) is 6.51. The molecule has 0 fully saturated rings. The Labute approximate surface area is 126 Å². The maximum Gasteiger partial charge on any atom is 0.267 e. The van der Waals surface area contributed by atoms with Gasteiger partial charge < -0.3 is 4.42 Å². The van der Waals surface area contributed by atoms with Crippen molar-refractivity contribution in [3.63, 3.8) is 0 Å². The quantitative estimate of drug-likeness (QED) is 0.694. The van der Waals surface area contributed by atoms with Crippen molar-refractivity contribution < 1.29 is 4.42 Å². The highest BCUT2D eigenvalue weighted by Gasteiger charge is 2.06. The SMILES string of the molecule is CSc1ccc(Cn2nc(-c3ccco3)ccc2=O)cc1. The topological polar surface area (TPSA) is 48.0 Å². The third-order valence-electron chi connectivity index (χ3n) is 3.13. The van der Waals surface area contributed by atoms with Crippen LogP contribution in [0.4, 0.5) is 0 Å². The summed E-state index contributed by atoms with van der Waals surface area (Å²) in [6.45, 7) is 0.446. The first-order valence-corrected chi connectivity index (χ1v) is 7.74. The summed E-state index contributed by atoms with van der Waals surface area (Å²) in [6.07, 6.45) is 3.63. The van der Waals surface area contributed by atoms with Gasteiger partial charge in [0.05, 0.1) is 12.8 Å². The zero-order valence-corrected chi connectivity index (χ0v) is 12.3. The molecular formula is C16H14N2O2S. The Morgan fingerprint density at radius 3 is 2.62 bits per heavy atom. The fourth-order valence-electron chi connectivity index (χ4n) is 2.02. The van der Waals surface area contributed by atoms with Gasteiger partial charge in [0, 0.05) is 11.0 Å². The summed E-state index contributed by atoms with van der Waals surface area (Å²) in [5.41, 5.74) is 1.57. The Kier molecular flexibility index (Phi) is 3.92. The van der Waals surface area contributed by atoms with Gasteiger partial charge in [-0.15, -0.1) is 11.8 Å². The van der Waals surface area contributed by atoms with Crippen LogP contribution in [0.15, 0.2) is 68.9 Å². The number of nitrogens with zero attached hydrogens (tertiary/aromatic N) is 2. The van der Waals surface area contributed by atoms with E-state index >= 15 is 0 Å². The fraction of sp³-hybridized carbons (Fsp3) is 0.125. The van der Waals surface area contributed by atoms with E-state index in [1.54, 1.807) is 30.2 Å². The second-order valence-corrected chi connectivity index (χ2v) is 5.42. The second kappa shape index (κ2) is 6.01. The van der Waals surface area contributed by atoms with Gasteiger partial charge in [-0.25, -0.2) is 4.68 Å². The first kappa shape index (κ1) is 13.7. The minimum Gasteiger partial charge on any atom is -0.463 e. The van der Waals surface area contributed by atoms with Gasteiger partial charge in [-0.3, -0.25) is 4.79 Å². The monoisotopic (exact) mass is 298 g/mol. The predicted octanol–water partition coefficient (Wildman–Crippen LogP) is 3.27. The van der Waals surface area contributed by atoms with Crippen LogP contribution in [0.5, 0.6) is 0 Å². The zero-order chi connectivity index (χ0) is 14.7. The van der Waals surface area contributed by atoms with Gasteiger partial charge in [-0.05, 0) is 42.2 Å². The molecule has 5 heteroatoms. The summed E-state index contributed by atoms with van der Waals surface area (Å²) in [7, 11) is 0. The lowest BCUT2D eigenvalue weighted by atomic mass is 10.2. The van der Waals surface area contributed by atoms with Gasteiger partial charge in [-0.2, -0.15) is 5.10 Å². The molecule has 0 radical (unpaired) electrons. The summed E-state index contributed by atoms with van der Waals surface area (Å²) in [5.74, 6) is 0.654. The van der Waals surface area contributed by atoms with E-state index in [1.165, 1.54) is 15.6 Å². The number of aromatic nitrogens is 2. The van der Waals surface area contributed by atoms with Crippen molar-refractivity contribution in [3.05, 3.63) is 70.7 Å². The van der Waals surface area contributed by atoms with Crippen LogP contribution in [0.2, 0.25) is 0 Å². The van der Waals surface area contributed by atoms with Crippen LogP contribution in [0.1, 0.15) is 5.56 Å². The number of benzene rings is 1. The van der Waals surface area contributed by atoms with Crippen molar-refractivity contribution in [1.29, 1.82) is 0 Å². The van der Waals surface area contributed by atoms with Gasteiger partial charge in [0.25, 0.3) is 5.56 Å². The largest absolute Gasteiger partial charge is 0.463 e. The molecule has 0 aliphatic carbocycles. The smallest absolute Gasteiger partial charge is 0.267 e. The molecule has 0 unspecified atom stereocenters. The lowest BCUT2D eigenvalue weighted by Gasteiger charge is -2.06. The molecule has 2 aromatic heterocycles. The average molecular weight is 298 g/mol. The number of hydrogen-bond donors (Lipinski definition) is 0. The summed E-state index contributed by atoms with van der Waals surface area (Å²) >= 11 is 1.69. The van der Waals surface area contributed by atoms with Crippen LogP contribution in [0.25, 0.3) is 11.5 Å². The van der Waals surface area contributed by atoms with Crippen molar-refractivity contribution >= 4 is 11.8 Å². The number of thioether (sulfide) groups is 1. The molecule has 0 amide bonds. The highest BCUT2D eigenvalue weighted by atomic mass is 32.2. The average Bonchev–Trinajstić information content (AvgIpc) is 3.04. The Morgan fingerprint density at radius 2 is 1.95 bits per heavy atom. The summed E-state index contributed by atoms with van der Waals surface area (Å²) < 4.78 is 6.76. The van der Waals surface area contributed by atoms with Crippen LogP contribution in [0.3, 0.4) is 0 Å². The van der Waals surface area contributed by atoms with E-state index in [4.69, 9.17) is 4.42 Å². The minimum absolute atomic E-state index is 0.126. The number of hydrogen-bond acceptors (Lipinski definition) is 4. The zero-order valence-electron chi connectivity index (χ0n) is 11.5. The predicted molar refractivity (Wildman–Crippen MR) is 83.5 cm³/mol. The van der Waals surface area contributed by atoms with Crippen LogP contribution in [0, 0.1) is 0 Å². The number of furan rings is 1. The van der Waals surface area contributed by atoms with E-state index in [1.807, 2.05) is 36.6 Å². The first-order chi connectivity index (χ1) is 10.3. The minimum atomic E-state index is -0.126. The third kappa shape index (κ3) is 3.08. The van der Waals surface area contributed by atoms with Crippen molar-refractivity contribution in [1.82, 2.24) is 9.78 Å². The molecule has 3 rings (SSSR count). The number of rotatable bonds is 4. The Morgan fingerprint density at radius 1 is 1.14 bits per heavy atom. The van der Waals surface area contributed by atoms with Crippen molar-refractivity contribution in [3.8, 4) is 11.5 Å². The van der Waals surface area contributed by atoms with Gasteiger partial charge in [-0.1, -0.05) is 12.1 Å². The van der Waals surface area contributed by atoms with E-state index in [-0.39, 0.29) is 5.56 Å². The highest BCUT2D eigenvalue weighted by molar-refractivity contribution is 7.98. The van der Waals surface area contributed by atoms with Gasteiger partial charge in [0.1, 0.15) is 5.69 Å². The molecule has 1 aromatic carbocycles. The van der Waals surface area contributed by atoms with Crippen LogP contribution >= 0.6 is 11.8 Å². The van der Waals surface area contributed by atoms with Gasteiger partial charge in [0.15, 0.2) is 5.76 Å². The van der Waals surface area contributed by atoms with Crippen LogP contribution < -0.4 is 5.56 Å². The molecule has 0 saturated carbocycles. The lowest BCUT2D eigenvalue weighted by molar-refractivity contribution is 0.569. The van der Waals surface area contributed by atoms with E-state index < -0.39 is 0 Å². The molecule has 0 atom stereocenters. The summed E-state index contributed by atoms with van der Waals surface area (Å²) in [6, 6.07) is 14.9. The van der Waals surface area contributed by atoms with Crippen molar-refractivity contribution in [2.45, 2.75) is 11.4 Å². The molecule has 3 aromatic rings. The standard InChI is InChI=1S/C16H14N2O2S/c1-21-13-6-4-12(5-7-13)11-18-16(19)9-8-14(17-18)15-3-2-10-20-15/h2-10H,11H2,1H3. The lowest BCUT2D eigenvalue weighted by Crippen LogP contribution is -2.22. The molecule has 0 N–H and O–H groups in total. The molecular weight excluding hydrogens is 284 g/mol. The van der Waals surface area contributed by atoms with Gasteiger partial charge >= 0.3 is 0 Å². The summed E-state index contributed by atoms with van der Waals surface area (Å²) in [5, 5.41) is 4.36. The maximum absolute atomic E-state index is 11.9. The van der Waals surface area contributed by atoms with Crippen LogP contribution in [-0.2, 0) is 6.54 Å². The molecule has 0 aliphatic rings. The van der Waals surface area contributed by atoms with Crippen molar-refractivity contribution in [2.24, 2.45) is 0 Å². The van der Waals surface area contributed by atoms with Gasteiger partial charge in [0.2, 0.25) is 0 Å². The fourth-order valence-corrected chi connectivity index (χ4v) is 2.43. The molecule has 0 aliphatic heterocycles. The molecule has 2 heterocycles. The Bertz CT molecular complexity index is 777. The van der Waals surface area contributed by atoms with E-state index in [2.05, 4.69) is 5.10 Å². The molecule has 21 heavy (non-hydrogen) atoms. The Hall–Kier alpha value is -2.27. The highest BCUT2D eigenvalue weighted by Crippen LogP contribution is 2.17. The molecule has 106 valence electrons. The normalized spacial score (nSPS) is 10.7. The van der Waals surface area contributed by atoms with E-state index in [0.717, 1.165) is 5.56 Å². The summed E-state index contributed by atoms with van der Waals surface area (Å²) in [4.78, 5) is 13.1. The maximum atomic E-state index is 11.9. The second-order valence-electron chi connectivity index (χ2n) is 4.54. The third-order valence-corrected chi connectivity index (χ3v) is 3.88. The van der Waals surface area contributed by atoms with Crippen LogP contribution in [-0.4, -0.2) is 16.0 Å². The molecule has 0 spiro atoms. The Balaban J connectivity index is 1.90. The molecule has 0 bridgehead atoms. The molecule has 0 saturated heterocycles. The van der Waals surface area contributed by atoms with E-state index in [0.29, 0.717) is 18.0 Å². The van der Waals surface area contributed by atoms with E-state index in [9.17, 15) is 4.79 Å².